The van der Waals surface area contributed by atoms with Gasteiger partial charge in [0.05, 0.1) is 6.54 Å². The number of amides is 1. The first-order valence-corrected chi connectivity index (χ1v) is 9.38. The van der Waals surface area contributed by atoms with Gasteiger partial charge >= 0.3 is 5.97 Å². The Morgan fingerprint density at radius 1 is 1.26 bits per heavy atom. The van der Waals surface area contributed by atoms with Gasteiger partial charge in [0.25, 0.3) is 5.91 Å². The summed E-state index contributed by atoms with van der Waals surface area (Å²) >= 11 is 4.98. The van der Waals surface area contributed by atoms with Gasteiger partial charge in [0.1, 0.15) is 6.10 Å². The third-order valence-corrected chi connectivity index (χ3v) is 6.09. The highest BCUT2D eigenvalue weighted by Gasteiger charge is 2.60. The summed E-state index contributed by atoms with van der Waals surface area (Å²) < 4.78 is 5.53. The molecule has 1 fully saturated rings. The van der Waals surface area contributed by atoms with E-state index in [1.165, 1.54) is 0 Å². The summed E-state index contributed by atoms with van der Waals surface area (Å²) in [5.41, 5.74) is 0.391. The third kappa shape index (κ3) is 2.08. The highest BCUT2D eigenvalue weighted by atomic mass is 79.9. The molecule has 1 saturated heterocycles. The van der Waals surface area contributed by atoms with Crippen molar-refractivity contribution < 1.29 is 14.3 Å². The molecule has 0 bridgehead atoms. The second-order valence-electron chi connectivity index (χ2n) is 5.76. The number of benzene rings is 1. The van der Waals surface area contributed by atoms with Crippen LogP contribution in [0.2, 0.25) is 0 Å². The van der Waals surface area contributed by atoms with E-state index < -0.39 is 5.54 Å². The van der Waals surface area contributed by atoms with Crippen molar-refractivity contribution in [2.75, 3.05) is 5.33 Å². The van der Waals surface area contributed by atoms with E-state index in [-0.39, 0.29) is 18.0 Å². The minimum atomic E-state index is -0.990. The fraction of sp³-hybridized carbons (Fsp3) is 0.294. The molecule has 4 nitrogen and oxygen atoms in total. The molecule has 1 aromatic carbocycles. The van der Waals surface area contributed by atoms with Gasteiger partial charge in [-0.15, -0.1) is 11.3 Å². The van der Waals surface area contributed by atoms with E-state index in [2.05, 4.69) is 15.9 Å². The summed E-state index contributed by atoms with van der Waals surface area (Å²) in [5.74, 6) is -0.419. The smallest absolute Gasteiger partial charge is 0.337 e. The number of halogens is 1. The predicted octanol–water partition coefficient (Wildman–Crippen LogP) is 3.31. The first-order valence-electron chi connectivity index (χ1n) is 7.37. The van der Waals surface area contributed by atoms with E-state index in [0.29, 0.717) is 23.9 Å². The molecule has 0 radical (unpaired) electrons. The van der Waals surface area contributed by atoms with Crippen LogP contribution >= 0.6 is 27.3 Å². The molecule has 2 aliphatic heterocycles. The number of thiophene rings is 1. The molecule has 2 atom stereocenters. The van der Waals surface area contributed by atoms with Gasteiger partial charge in [-0.25, -0.2) is 4.79 Å². The number of cyclic esters (lactones) is 1. The molecule has 6 heteroatoms. The molecule has 2 aromatic rings. The Morgan fingerprint density at radius 3 is 2.78 bits per heavy atom. The Bertz CT molecular complexity index is 776. The first kappa shape index (κ1) is 14.9. The number of nitrogens with zero attached hydrogens (tertiary/aromatic N) is 1. The number of hydrogen-bond donors (Lipinski definition) is 0. The van der Waals surface area contributed by atoms with Crippen molar-refractivity contribution in [1.82, 2.24) is 4.90 Å². The zero-order chi connectivity index (χ0) is 16.0. The number of esters is 1. The zero-order valence-corrected chi connectivity index (χ0v) is 14.6. The fourth-order valence-corrected chi connectivity index (χ4v) is 4.54. The van der Waals surface area contributed by atoms with Crippen LogP contribution in [-0.4, -0.2) is 28.2 Å². The molecule has 2 aliphatic rings. The van der Waals surface area contributed by atoms with Crippen molar-refractivity contribution >= 4 is 39.1 Å². The first-order chi connectivity index (χ1) is 11.2. The molecule has 0 saturated carbocycles. The van der Waals surface area contributed by atoms with Crippen LogP contribution in [-0.2, 0) is 21.6 Å². The SMILES string of the molecule is O=C1c2ccccc2C2(CC(CBr)OC2=O)N1Cc1cccs1. The molecule has 0 aliphatic carbocycles. The van der Waals surface area contributed by atoms with E-state index in [4.69, 9.17) is 4.74 Å². The van der Waals surface area contributed by atoms with Gasteiger partial charge in [-0.2, -0.15) is 0 Å². The van der Waals surface area contributed by atoms with E-state index >= 15 is 0 Å². The van der Waals surface area contributed by atoms with Gasteiger partial charge in [-0.05, 0) is 17.5 Å². The monoisotopic (exact) mass is 391 g/mol. The highest BCUT2D eigenvalue weighted by Crippen LogP contribution is 2.48. The normalized spacial score (nSPS) is 26.0. The van der Waals surface area contributed by atoms with Crippen LogP contribution < -0.4 is 0 Å². The maximum absolute atomic E-state index is 12.9. The maximum atomic E-state index is 12.9. The van der Waals surface area contributed by atoms with E-state index in [9.17, 15) is 9.59 Å². The summed E-state index contributed by atoms with van der Waals surface area (Å²) in [6.45, 7) is 0.426. The predicted molar refractivity (Wildman–Crippen MR) is 90.6 cm³/mol. The standard InChI is InChI=1S/C17H14BrNO3S/c18-9-11-8-17(16(21)22-11)14-6-2-1-5-13(14)15(20)19(17)10-12-4-3-7-23-12/h1-7,11H,8-10H2. The number of fused-ring (bicyclic) bond motifs is 2. The lowest BCUT2D eigenvalue weighted by atomic mass is 9.86. The van der Waals surface area contributed by atoms with Crippen LogP contribution in [0.15, 0.2) is 41.8 Å². The summed E-state index contributed by atoms with van der Waals surface area (Å²) in [6, 6.07) is 11.3. The highest BCUT2D eigenvalue weighted by molar-refractivity contribution is 9.09. The number of alkyl halides is 1. The second-order valence-corrected chi connectivity index (χ2v) is 7.44. The molecule has 4 rings (SSSR count). The average molecular weight is 392 g/mol. The largest absolute Gasteiger partial charge is 0.459 e. The summed E-state index contributed by atoms with van der Waals surface area (Å²) in [4.78, 5) is 28.5. The number of carbonyl (C=O) groups is 2. The van der Waals surface area contributed by atoms with Gasteiger partial charge < -0.3 is 9.64 Å². The van der Waals surface area contributed by atoms with Crippen LogP contribution in [0, 0.1) is 0 Å². The van der Waals surface area contributed by atoms with E-state index in [0.717, 1.165) is 10.4 Å². The molecule has 118 valence electrons. The second kappa shape index (κ2) is 5.46. The van der Waals surface area contributed by atoms with Gasteiger partial charge in [-0.1, -0.05) is 40.2 Å². The van der Waals surface area contributed by atoms with Gasteiger partial charge in [-0.3, -0.25) is 4.79 Å². The fourth-order valence-electron chi connectivity index (χ4n) is 3.49. The van der Waals surface area contributed by atoms with Crippen LogP contribution in [0.25, 0.3) is 0 Å². The minimum absolute atomic E-state index is 0.0961. The molecular formula is C17H14BrNO3S. The van der Waals surface area contributed by atoms with E-state index in [1.54, 1.807) is 22.3 Å². The zero-order valence-electron chi connectivity index (χ0n) is 12.2. The third-order valence-electron chi connectivity index (χ3n) is 4.51. The summed E-state index contributed by atoms with van der Waals surface area (Å²) in [6.07, 6.45) is 0.276. The van der Waals surface area contributed by atoms with Gasteiger partial charge in [0.2, 0.25) is 0 Å². The van der Waals surface area contributed by atoms with Gasteiger partial charge in [0, 0.05) is 27.8 Å². The van der Waals surface area contributed by atoms with Crippen molar-refractivity contribution in [3.8, 4) is 0 Å². The van der Waals surface area contributed by atoms with E-state index in [1.807, 2.05) is 35.7 Å². The lowest BCUT2D eigenvalue weighted by Gasteiger charge is -2.31. The molecule has 1 spiro atoms. The van der Waals surface area contributed by atoms with Crippen LogP contribution in [0.3, 0.4) is 0 Å². The molecule has 3 heterocycles. The van der Waals surface area contributed by atoms with Crippen molar-refractivity contribution in [1.29, 1.82) is 0 Å². The van der Waals surface area contributed by atoms with Crippen molar-refractivity contribution in [3.63, 3.8) is 0 Å². The molecule has 1 aromatic heterocycles. The van der Waals surface area contributed by atoms with Crippen molar-refractivity contribution in [2.24, 2.45) is 0 Å². The Kier molecular flexibility index (Phi) is 3.54. The van der Waals surface area contributed by atoms with Gasteiger partial charge in [0.15, 0.2) is 5.54 Å². The molecule has 0 N–H and O–H groups in total. The number of carbonyl (C=O) groups excluding carboxylic acids is 2. The van der Waals surface area contributed by atoms with Crippen molar-refractivity contribution in [3.05, 3.63) is 57.8 Å². The quantitative estimate of drug-likeness (QED) is 0.595. The lowest BCUT2D eigenvalue weighted by molar-refractivity contribution is -0.149. The summed E-state index contributed by atoms with van der Waals surface area (Å²) in [5, 5.41) is 2.55. The Labute approximate surface area is 146 Å². The number of hydrogen-bond acceptors (Lipinski definition) is 4. The maximum Gasteiger partial charge on any atom is 0.337 e. The molecule has 23 heavy (non-hydrogen) atoms. The topological polar surface area (TPSA) is 46.6 Å². The van der Waals surface area contributed by atoms with Crippen LogP contribution in [0.4, 0.5) is 0 Å². The lowest BCUT2D eigenvalue weighted by Crippen LogP contribution is -2.46. The Morgan fingerprint density at radius 2 is 2.09 bits per heavy atom. The Hall–Kier alpha value is -1.66. The number of rotatable bonds is 3. The molecule has 1 amide bonds. The van der Waals surface area contributed by atoms with Crippen molar-refractivity contribution in [2.45, 2.75) is 24.6 Å². The minimum Gasteiger partial charge on any atom is -0.459 e. The average Bonchev–Trinajstić information content (AvgIpc) is 3.24. The summed E-state index contributed by atoms with van der Waals surface area (Å²) in [7, 11) is 0. The Balaban J connectivity index is 1.84. The number of ether oxygens (including phenoxy) is 1. The molecular weight excluding hydrogens is 378 g/mol. The van der Waals surface area contributed by atoms with Crippen LogP contribution in [0.5, 0.6) is 0 Å². The van der Waals surface area contributed by atoms with Crippen LogP contribution in [0.1, 0.15) is 27.2 Å². The molecule has 2 unspecified atom stereocenters.